The van der Waals surface area contributed by atoms with Crippen LogP contribution in [0.3, 0.4) is 0 Å². The number of nitrogens with zero attached hydrogens (tertiary/aromatic N) is 1. The van der Waals surface area contributed by atoms with Crippen LogP contribution in [0.2, 0.25) is 0 Å². The van der Waals surface area contributed by atoms with Crippen molar-refractivity contribution in [1.82, 2.24) is 10.3 Å². The molecule has 8 heteroatoms. The molecule has 0 spiro atoms. The number of aryl methyl sites for hydroxylation is 1. The van der Waals surface area contributed by atoms with Crippen LogP contribution >= 0.6 is 0 Å². The van der Waals surface area contributed by atoms with Crippen molar-refractivity contribution in [3.8, 4) is 11.8 Å². The average molecular weight is 507 g/mol. The fourth-order valence-electron chi connectivity index (χ4n) is 3.20. The first kappa shape index (κ1) is 26.9. The first-order valence-corrected chi connectivity index (χ1v) is 13.2. The third kappa shape index (κ3) is 9.53. The number of amides is 1. The maximum atomic E-state index is 12.2. The van der Waals surface area contributed by atoms with E-state index in [0.29, 0.717) is 19.4 Å². The molecule has 3 rings (SSSR count). The zero-order chi connectivity index (χ0) is 25.6. The molecule has 2 aromatic carbocycles. The summed E-state index contributed by atoms with van der Waals surface area (Å²) >= 11 is 0. The molecule has 1 heterocycles. The standard InChI is InChI=1S/C28H30N2O5S/c1-23-13-15-27(16-14-23)36(32,33)35-17-9-4-2-3-6-12-25-18-26(20-29-19-25)21-30-28(31)34-22-24-10-7-5-8-11-24/h5,7-8,10-11,13-16,18-20H,2-4,9,17,21-22H2,1H3,(H,30,31). The van der Waals surface area contributed by atoms with Crippen molar-refractivity contribution in [2.45, 2.75) is 50.7 Å². The number of aromatic nitrogens is 1. The summed E-state index contributed by atoms with van der Waals surface area (Å²) < 4.78 is 34.6. The van der Waals surface area contributed by atoms with E-state index in [1.165, 1.54) is 0 Å². The van der Waals surface area contributed by atoms with E-state index in [9.17, 15) is 13.2 Å². The van der Waals surface area contributed by atoms with Crippen molar-refractivity contribution in [1.29, 1.82) is 0 Å². The van der Waals surface area contributed by atoms with Crippen LogP contribution in [0, 0.1) is 18.8 Å². The van der Waals surface area contributed by atoms with Crippen LogP contribution in [0.5, 0.6) is 0 Å². The van der Waals surface area contributed by atoms with Crippen molar-refractivity contribution in [3.05, 3.63) is 95.3 Å². The van der Waals surface area contributed by atoms with E-state index in [0.717, 1.165) is 35.1 Å². The van der Waals surface area contributed by atoms with Crippen LogP contribution < -0.4 is 5.32 Å². The van der Waals surface area contributed by atoms with E-state index in [-0.39, 0.29) is 18.1 Å². The Labute approximate surface area is 213 Å². The Morgan fingerprint density at radius 1 is 0.972 bits per heavy atom. The molecular formula is C28H30N2O5S. The van der Waals surface area contributed by atoms with Crippen molar-refractivity contribution >= 4 is 16.2 Å². The van der Waals surface area contributed by atoms with Gasteiger partial charge < -0.3 is 10.1 Å². The Balaban J connectivity index is 1.32. The zero-order valence-electron chi connectivity index (χ0n) is 20.3. The highest BCUT2D eigenvalue weighted by molar-refractivity contribution is 7.86. The quantitative estimate of drug-likeness (QED) is 0.220. The molecule has 0 aliphatic carbocycles. The van der Waals surface area contributed by atoms with Gasteiger partial charge in [0.2, 0.25) is 0 Å². The molecule has 0 atom stereocenters. The number of ether oxygens (including phenoxy) is 1. The van der Waals surface area contributed by atoms with Gasteiger partial charge in [0.05, 0.1) is 11.5 Å². The molecule has 36 heavy (non-hydrogen) atoms. The number of carbonyl (C=O) groups is 1. The Bertz CT molecular complexity index is 1280. The average Bonchev–Trinajstić information content (AvgIpc) is 2.89. The number of hydrogen-bond acceptors (Lipinski definition) is 6. The lowest BCUT2D eigenvalue weighted by atomic mass is 10.1. The second-order valence-electron chi connectivity index (χ2n) is 8.20. The highest BCUT2D eigenvalue weighted by Crippen LogP contribution is 2.14. The lowest BCUT2D eigenvalue weighted by molar-refractivity contribution is 0.139. The van der Waals surface area contributed by atoms with Crippen molar-refractivity contribution < 1.29 is 22.1 Å². The monoisotopic (exact) mass is 506 g/mol. The topological polar surface area (TPSA) is 94.6 Å². The van der Waals surface area contributed by atoms with Gasteiger partial charge in [-0.1, -0.05) is 66.3 Å². The van der Waals surface area contributed by atoms with Gasteiger partial charge in [0, 0.05) is 30.9 Å². The second kappa shape index (κ2) is 14.0. The van der Waals surface area contributed by atoms with Crippen LogP contribution in [0.15, 0.2) is 78.0 Å². The fraction of sp³-hybridized carbons (Fsp3) is 0.286. The molecule has 0 radical (unpaired) electrons. The van der Waals surface area contributed by atoms with Crippen LogP contribution in [0.1, 0.15) is 47.9 Å². The van der Waals surface area contributed by atoms with E-state index in [1.807, 2.05) is 43.3 Å². The van der Waals surface area contributed by atoms with Gasteiger partial charge >= 0.3 is 6.09 Å². The second-order valence-corrected chi connectivity index (χ2v) is 9.81. The van der Waals surface area contributed by atoms with Crippen molar-refractivity contribution in [2.24, 2.45) is 0 Å². The molecule has 1 N–H and O–H groups in total. The highest BCUT2D eigenvalue weighted by Gasteiger charge is 2.14. The minimum atomic E-state index is -3.71. The Kier molecular flexibility index (Phi) is 10.5. The molecule has 0 saturated carbocycles. The SMILES string of the molecule is Cc1ccc(S(=O)(=O)OCCCCCC#Cc2cncc(CNC(=O)OCc3ccccc3)c2)cc1. The summed E-state index contributed by atoms with van der Waals surface area (Å²) in [6, 6.07) is 18.0. The number of hydrogen-bond donors (Lipinski definition) is 1. The van der Waals surface area contributed by atoms with E-state index in [2.05, 4.69) is 22.1 Å². The third-order valence-electron chi connectivity index (χ3n) is 5.17. The maximum Gasteiger partial charge on any atom is 0.407 e. The van der Waals surface area contributed by atoms with Gasteiger partial charge in [-0.2, -0.15) is 8.42 Å². The van der Waals surface area contributed by atoms with Crippen LogP contribution in [-0.4, -0.2) is 26.1 Å². The third-order valence-corrected chi connectivity index (χ3v) is 6.50. The number of unbranched alkanes of at least 4 members (excludes halogenated alkanes) is 3. The molecule has 188 valence electrons. The molecule has 0 fully saturated rings. The van der Waals surface area contributed by atoms with E-state index in [1.54, 1.807) is 36.7 Å². The van der Waals surface area contributed by atoms with E-state index in [4.69, 9.17) is 8.92 Å². The molecule has 0 aliphatic heterocycles. The highest BCUT2D eigenvalue weighted by atomic mass is 32.2. The number of rotatable bonds is 11. The first-order valence-electron chi connectivity index (χ1n) is 11.8. The molecule has 0 bridgehead atoms. The molecule has 1 amide bonds. The van der Waals surface area contributed by atoms with Crippen LogP contribution in [0.4, 0.5) is 4.79 Å². The van der Waals surface area contributed by atoms with Gasteiger partial charge in [0.1, 0.15) is 6.61 Å². The first-order chi connectivity index (χ1) is 17.4. The van der Waals surface area contributed by atoms with Gasteiger partial charge in [0.15, 0.2) is 0 Å². The van der Waals surface area contributed by atoms with Gasteiger partial charge in [-0.25, -0.2) is 4.79 Å². The summed E-state index contributed by atoms with van der Waals surface area (Å²) in [7, 11) is -3.71. The van der Waals surface area contributed by atoms with Crippen molar-refractivity contribution in [2.75, 3.05) is 6.61 Å². The Morgan fingerprint density at radius 3 is 2.53 bits per heavy atom. The maximum absolute atomic E-state index is 12.2. The smallest absolute Gasteiger partial charge is 0.407 e. The van der Waals surface area contributed by atoms with Crippen LogP contribution in [0.25, 0.3) is 0 Å². The number of carbonyl (C=O) groups excluding carboxylic acids is 1. The summed E-state index contributed by atoms with van der Waals surface area (Å²) in [5.74, 6) is 6.19. The summed E-state index contributed by atoms with van der Waals surface area (Å²) in [6.07, 6.45) is 5.82. The summed E-state index contributed by atoms with van der Waals surface area (Å²) in [4.78, 5) is 16.3. The van der Waals surface area contributed by atoms with E-state index >= 15 is 0 Å². The molecule has 0 unspecified atom stereocenters. The van der Waals surface area contributed by atoms with Gasteiger partial charge in [-0.15, -0.1) is 0 Å². The number of pyridine rings is 1. The molecule has 0 saturated heterocycles. The van der Waals surface area contributed by atoms with Crippen LogP contribution in [-0.2, 0) is 32.2 Å². The fourth-order valence-corrected chi connectivity index (χ4v) is 4.14. The lowest BCUT2D eigenvalue weighted by Crippen LogP contribution is -2.23. The molecule has 1 aromatic heterocycles. The normalized spacial score (nSPS) is 10.8. The van der Waals surface area contributed by atoms with Gasteiger partial charge in [0.25, 0.3) is 10.1 Å². The number of alkyl carbamates (subject to hydrolysis) is 1. The minimum Gasteiger partial charge on any atom is -0.445 e. The largest absolute Gasteiger partial charge is 0.445 e. The molecule has 0 aliphatic rings. The lowest BCUT2D eigenvalue weighted by Gasteiger charge is -2.07. The predicted molar refractivity (Wildman–Crippen MR) is 137 cm³/mol. The predicted octanol–water partition coefficient (Wildman–Crippen LogP) is 5.13. The molecule has 3 aromatic rings. The van der Waals surface area contributed by atoms with E-state index < -0.39 is 16.2 Å². The van der Waals surface area contributed by atoms with Crippen molar-refractivity contribution in [3.63, 3.8) is 0 Å². The minimum absolute atomic E-state index is 0.149. The Morgan fingerprint density at radius 2 is 1.75 bits per heavy atom. The summed E-state index contributed by atoms with van der Waals surface area (Å²) in [5.41, 5.74) is 3.50. The number of benzene rings is 2. The summed E-state index contributed by atoms with van der Waals surface area (Å²) in [6.45, 7) is 2.56. The zero-order valence-corrected chi connectivity index (χ0v) is 21.1. The Hall–Kier alpha value is -3.67. The molecule has 7 nitrogen and oxygen atoms in total. The molecular weight excluding hydrogens is 476 g/mol. The van der Waals surface area contributed by atoms with Gasteiger partial charge in [-0.3, -0.25) is 9.17 Å². The number of nitrogens with one attached hydrogen (secondary N) is 1. The van der Waals surface area contributed by atoms with Gasteiger partial charge in [-0.05, 0) is 49.1 Å². The summed E-state index contributed by atoms with van der Waals surface area (Å²) in [5, 5.41) is 2.71.